The number of cyclic esters (lactones) is 1. The Morgan fingerprint density at radius 2 is 1.90 bits per heavy atom. The summed E-state index contributed by atoms with van der Waals surface area (Å²) in [5.41, 5.74) is 6.97. The van der Waals surface area contributed by atoms with Crippen molar-refractivity contribution in [2.75, 3.05) is 12.4 Å². The van der Waals surface area contributed by atoms with E-state index in [9.17, 15) is 18.0 Å². The molecule has 0 spiro atoms. The molecular weight excluding hydrogens is 416 g/mol. The maximum Gasteiger partial charge on any atom is 0.330 e. The SMILES string of the molecule is CC[C@H](C)C(N)CS(=O)(=O)N(C(=O)C(C)Cc1ccccc1)[C@H]1CCOC1=O.Cl. The predicted octanol–water partition coefficient (Wildman–Crippen LogP) is 2.13. The summed E-state index contributed by atoms with van der Waals surface area (Å²) in [4.78, 5) is 25.3. The van der Waals surface area contributed by atoms with E-state index in [4.69, 9.17) is 10.5 Å². The molecule has 7 nitrogen and oxygen atoms in total. The van der Waals surface area contributed by atoms with Crippen LogP contribution in [0.1, 0.15) is 39.2 Å². The number of hydrogen-bond donors (Lipinski definition) is 1. The molecule has 1 heterocycles. The van der Waals surface area contributed by atoms with Crippen molar-refractivity contribution >= 4 is 34.3 Å². The predicted molar refractivity (Wildman–Crippen MR) is 114 cm³/mol. The number of carbonyl (C=O) groups is 2. The second-order valence-corrected chi connectivity index (χ2v) is 9.42. The summed E-state index contributed by atoms with van der Waals surface area (Å²) in [6.07, 6.45) is 1.27. The van der Waals surface area contributed by atoms with Gasteiger partial charge in [0.15, 0.2) is 0 Å². The zero-order valence-electron chi connectivity index (χ0n) is 17.1. The second-order valence-electron chi connectivity index (χ2n) is 7.52. The highest BCUT2D eigenvalue weighted by atomic mass is 35.5. The third-order valence-corrected chi connectivity index (χ3v) is 7.13. The van der Waals surface area contributed by atoms with Gasteiger partial charge in [0.1, 0.15) is 6.04 Å². The summed E-state index contributed by atoms with van der Waals surface area (Å²) >= 11 is 0. The average Bonchev–Trinajstić information content (AvgIpc) is 3.06. The zero-order valence-corrected chi connectivity index (χ0v) is 18.7. The molecule has 0 aliphatic carbocycles. The quantitative estimate of drug-likeness (QED) is 0.582. The Bertz CT molecular complexity index is 787. The van der Waals surface area contributed by atoms with Crippen LogP contribution in [0, 0.1) is 11.8 Å². The van der Waals surface area contributed by atoms with Crippen molar-refractivity contribution in [1.82, 2.24) is 4.31 Å². The summed E-state index contributed by atoms with van der Waals surface area (Å²) < 4.78 is 31.9. The van der Waals surface area contributed by atoms with Gasteiger partial charge in [-0.15, -0.1) is 12.4 Å². The van der Waals surface area contributed by atoms with Crippen LogP contribution in [0.4, 0.5) is 0 Å². The van der Waals surface area contributed by atoms with Gasteiger partial charge in [0.05, 0.1) is 12.4 Å². The third kappa shape index (κ3) is 6.42. The zero-order chi connectivity index (χ0) is 20.9. The molecule has 1 amide bonds. The number of nitrogens with two attached hydrogens (primary N) is 1. The van der Waals surface area contributed by atoms with Gasteiger partial charge in [0.2, 0.25) is 15.9 Å². The number of rotatable bonds is 9. The van der Waals surface area contributed by atoms with Gasteiger partial charge in [-0.25, -0.2) is 17.5 Å². The number of amides is 1. The van der Waals surface area contributed by atoms with Crippen LogP contribution in [0.3, 0.4) is 0 Å². The van der Waals surface area contributed by atoms with Gasteiger partial charge in [-0.2, -0.15) is 0 Å². The van der Waals surface area contributed by atoms with Gasteiger partial charge in [-0.3, -0.25) is 4.79 Å². The number of sulfonamides is 1. The van der Waals surface area contributed by atoms with E-state index in [1.807, 2.05) is 44.2 Å². The molecule has 29 heavy (non-hydrogen) atoms. The van der Waals surface area contributed by atoms with E-state index in [0.29, 0.717) is 6.42 Å². The van der Waals surface area contributed by atoms with E-state index in [1.165, 1.54) is 0 Å². The van der Waals surface area contributed by atoms with Crippen molar-refractivity contribution in [3.05, 3.63) is 35.9 Å². The van der Waals surface area contributed by atoms with Crippen molar-refractivity contribution in [3.8, 4) is 0 Å². The Morgan fingerprint density at radius 3 is 2.41 bits per heavy atom. The molecule has 0 aromatic heterocycles. The van der Waals surface area contributed by atoms with E-state index >= 15 is 0 Å². The molecule has 0 saturated carbocycles. The second kappa shape index (κ2) is 10.9. The highest BCUT2D eigenvalue weighted by molar-refractivity contribution is 7.89. The number of ether oxygens (including phenoxy) is 1. The molecule has 164 valence electrons. The first-order chi connectivity index (χ1) is 13.2. The topological polar surface area (TPSA) is 107 Å². The van der Waals surface area contributed by atoms with Gasteiger partial charge in [0.25, 0.3) is 0 Å². The third-order valence-electron chi connectivity index (χ3n) is 5.29. The van der Waals surface area contributed by atoms with Crippen molar-refractivity contribution in [3.63, 3.8) is 0 Å². The van der Waals surface area contributed by atoms with E-state index in [2.05, 4.69) is 0 Å². The lowest BCUT2D eigenvalue weighted by molar-refractivity contribution is -0.145. The average molecular weight is 447 g/mol. The Balaban J connectivity index is 0.00000420. The fraction of sp³-hybridized carbons (Fsp3) is 0.600. The first-order valence-electron chi connectivity index (χ1n) is 9.69. The van der Waals surface area contributed by atoms with Crippen molar-refractivity contribution in [2.24, 2.45) is 17.6 Å². The van der Waals surface area contributed by atoms with Gasteiger partial charge in [-0.05, 0) is 17.9 Å². The first kappa shape index (κ1) is 25.4. The van der Waals surface area contributed by atoms with Crippen LogP contribution in [0.15, 0.2) is 30.3 Å². The van der Waals surface area contributed by atoms with Gasteiger partial charge in [-0.1, -0.05) is 57.5 Å². The largest absolute Gasteiger partial charge is 0.464 e. The number of esters is 1. The molecule has 1 aromatic carbocycles. The van der Waals surface area contributed by atoms with Crippen LogP contribution in [-0.4, -0.2) is 49.0 Å². The van der Waals surface area contributed by atoms with Crippen molar-refractivity contribution in [1.29, 1.82) is 0 Å². The summed E-state index contributed by atoms with van der Waals surface area (Å²) in [6.45, 7) is 5.57. The Morgan fingerprint density at radius 1 is 1.28 bits per heavy atom. The molecule has 0 bridgehead atoms. The molecule has 2 unspecified atom stereocenters. The monoisotopic (exact) mass is 446 g/mol. The molecular formula is C20H31ClN2O5S. The standard InChI is InChI=1S/C20H30N2O5S.ClH/c1-4-14(2)17(21)13-28(25,26)22(18-10-11-27-20(18)24)19(23)15(3)12-16-8-6-5-7-9-16;/h5-9,14-15,17-18H,4,10-13,21H2,1-3H3;1H/t14-,15?,17?,18-;/m0./s1. The summed E-state index contributed by atoms with van der Waals surface area (Å²) in [6, 6.07) is 7.63. The minimum atomic E-state index is -4.07. The molecule has 2 N–H and O–H groups in total. The molecule has 9 heteroatoms. The fourth-order valence-electron chi connectivity index (χ4n) is 3.25. The van der Waals surface area contributed by atoms with Crippen LogP contribution < -0.4 is 5.73 Å². The fourth-order valence-corrected chi connectivity index (χ4v) is 5.25. The number of carbonyl (C=O) groups excluding carboxylic acids is 2. The summed E-state index contributed by atoms with van der Waals surface area (Å²) in [5, 5.41) is 0. The van der Waals surface area contributed by atoms with Crippen LogP contribution in [0.2, 0.25) is 0 Å². The first-order valence-corrected chi connectivity index (χ1v) is 11.3. The smallest absolute Gasteiger partial charge is 0.330 e. The molecule has 0 radical (unpaired) electrons. The van der Waals surface area contributed by atoms with E-state index in [0.717, 1.165) is 16.3 Å². The Kier molecular flexibility index (Phi) is 9.58. The maximum absolute atomic E-state index is 13.1. The number of benzene rings is 1. The Hall–Kier alpha value is -1.64. The van der Waals surface area contributed by atoms with E-state index < -0.39 is 39.9 Å². The number of hydrogen-bond acceptors (Lipinski definition) is 6. The van der Waals surface area contributed by atoms with Crippen LogP contribution >= 0.6 is 12.4 Å². The summed E-state index contributed by atoms with van der Waals surface area (Å²) in [7, 11) is -4.07. The molecule has 1 aromatic rings. The maximum atomic E-state index is 13.1. The molecule has 1 aliphatic heterocycles. The molecule has 1 saturated heterocycles. The van der Waals surface area contributed by atoms with Gasteiger partial charge in [0, 0.05) is 18.4 Å². The Labute approximate surface area is 179 Å². The van der Waals surface area contributed by atoms with E-state index in [1.54, 1.807) is 6.92 Å². The highest BCUT2D eigenvalue weighted by Gasteiger charge is 2.44. The highest BCUT2D eigenvalue weighted by Crippen LogP contribution is 2.24. The molecule has 4 atom stereocenters. The molecule has 2 rings (SSSR count). The molecule has 1 fully saturated rings. The van der Waals surface area contributed by atoms with Gasteiger partial charge >= 0.3 is 5.97 Å². The lowest BCUT2D eigenvalue weighted by Crippen LogP contribution is -2.52. The van der Waals surface area contributed by atoms with Crippen molar-refractivity contribution < 1.29 is 22.7 Å². The lowest BCUT2D eigenvalue weighted by Gasteiger charge is -2.30. The van der Waals surface area contributed by atoms with Crippen LogP contribution in [0.5, 0.6) is 0 Å². The van der Waals surface area contributed by atoms with Gasteiger partial charge < -0.3 is 10.5 Å². The molecule has 1 aliphatic rings. The lowest BCUT2D eigenvalue weighted by atomic mass is 10.00. The summed E-state index contributed by atoms with van der Waals surface area (Å²) in [5.74, 6) is -2.28. The normalized spacial score (nSPS) is 19.6. The number of nitrogens with zero attached hydrogens (tertiary/aromatic N) is 1. The number of halogens is 1. The van der Waals surface area contributed by atoms with Crippen molar-refractivity contribution in [2.45, 2.75) is 52.1 Å². The van der Waals surface area contributed by atoms with E-state index in [-0.39, 0.29) is 37.1 Å². The van der Waals surface area contributed by atoms with Crippen LogP contribution in [0.25, 0.3) is 0 Å². The minimum absolute atomic E-state index is 0. The van der Waals surface area contributed by atoms with Crippen LogP contribution in [-0.2, 0) is 30.8 Å². The minimum Gasteiger partial charge on any atom is -0.464 e.